The maximum atomic E-state index is 12.8. The highest BCUT2D eigenvalue weighted by atomic mass is 35.5. The Hall–Kier alpha value is -2.18. The quantitative estimate of drug-likeness (QED) is 0.650. The number of fused-ring (bicyclic) bond motifs is 1. The number of nitrogens with one attached hydrogen (secondary N) is 1. The number of aromatic nitrogens is 4. The molecule has 0 bridgehead atoms. The van der Waals surface area contributed by atoms with Gasteiger partial charge in [-0.1, -0.05) is 55.0 Å². The zero-order chi connectivity index (χ0) is 18.8. The van der Waals surface area contributed by atoms with Crippen molar-refractivity contribution in [2.75, 3.05) is 0 Å². The van der Waals surface area contributed by atoms with Gasteiger partial charge in [0.1, 0.15) is 12.0 Å². The molecule has 1 amide bonds. The Bertz CT molecular complexity index is 979. The van der Waals surface area contributed by atoms with Gasteiger partial charge in [0.2, 0.25) is 0 Å². The van der Waals surface area contributed by atoms with Gasteiger partial charge in [-0.2, -0.15) is 9.61 Å². The summed E-state index contributed by atoms with van der Waals surface area (Å²) < 4.78 is 1.50. The normalized spacial score (nSPS) is 15.6. The molecule has 0 radical (unpaired) electrons. The SMILES string of the molecule is O=C(NC1CCCCCC1)c1cc(-c2ccc(Cl)cc2Cl)c2nncn2n1. The molecule has 1 aliphatic carbocycles. The van der Waals surface area contributed by atoms with E-state index < -0.39 is 0 Å². The van der Waals surface area contributed by atoms with Crippen LogP contribution in [0.25, 0.3) is 16.8 Å². The van der Waals surface area contributed by atoms with Crippen molar-refractivity contribution >= 4 is 34.8 Å². The van der Waals surface area contributed by atoms with Gasteiger partial charge < -0.3 is 5.32 Å². The third kappa shape index (κ3) is 3.92. The second-order valence-electron chi connectivity index (χ2n) is 6.83. The first kappa shape index (κ1) is 18.2. The molecular formula is C19H19Cl2N5O. The number of halogens is 2. The summed E-state index contributed by atoms with van der Waals surface area (Å²) >= 11 is 12.4. The van der Waals surface area contributed by atoms with Crippen LogP contribution in [0.15, 0.2) is 30.6 Å². The summed E-state index contributed by atoms with van der Waals surface area (Å²) in [5, 5.41) is 16.5. The number of benzene rings is 1. The van der Waals surface area contributed by atoms with Gasteiger partial charge in [0.25, 0.3) is 5.91 Å². The molecule has 1 fully saturated rings. The third-order valence-corrected chi connectivity index (χ3v) is 5.46. The number of carbonyl (C=O) groups is 1. The summed E-state index contributed by atoms with van der Waals surface area (Å²) in [6.45, 7) is 0. The Morgan fingerprint density at radius 1 is 1.07 bits per heavy atom. The number of hydrogen-bond acceptors (Lipinski definition) is 4. The Labute approximate surface area is 166 Å². The minimum Gasteiger partial charge on any atom is -0.348 e. The van der Waals surface area contributed by atoms with Crippen LogP contribution in [0, 0.1) is 0 Å². The molecule has 1 saturated carbocycles. The van der Waals surface area contributed by atoms with Crippen molar-refractivity contribution in [3.63, 3.8) is 0 Å². The van der Waals surface area contributed by atoms with E-state index in [0.717, 1.165) is 31.2 Å². The van der Waals surface area contributed by atoms with Crippen LogP contribution in [0.3, 0.4) is 0 Å². The molecule has 27 heavy (non-hydrogen) atoms. The zero-order valence-electron chi connectivity index (χ0n) is 14.7. The Kier molecular flexibility index (Phi) is 5.27. The minimum atomic E-state index is -0.191. The van der Waals surface area contributed by atoms with Gasteiger partial charge in [-0.05, 0) is 31.0 Å². The monoisotopic (exact) mass is 403 g/mol. The highest BCUT2D eigenvalue weighted by Crippen LogP contribution is 2.32. The molecule has 1 aromatic carbocycles. The fourth-order valence-corrected chi connectivity index (χ4v) is 4.04. The molecule has 0 saturated heterocycles. The van der Waals surface area contributed by atoms with Crippen molar-refractivity contribution < 1.29 is 4.79 Å². The molecular weight excluding hydrogens is 385 g/mol. The second-order valence-corrected chi connectivity index (χ2v) is 7.67. The van der Waals surface area contributed by atoms with Crippen LogP contribution in [-0.2, 0) is 0 Å². The van der Waals surface area contributed by atoms with Crippen molar-refractivity contribution in [3.05, 3.63) is 46.3 Å². The van der Waals surface area contributed by atoms with Crippen LogP contribution >= 0.6 is 23.2 Å². The van der Waals surface area contributed by atoms with E-state index in [0.29, 0.717) is 26.9 Å². The van der Waals surface area contributed by atoms with Gasteiger partial charge in [0, 0.05) is 22.2 Å². The van der Waals surface area contributed by atoms with E-state index in [1.54, 1.807) is 18.2 Å². The Balaban J connectivity index is 1.70. The number of nitrogens with zero attached hydrogens (tertiary/aromatic N) is 4. The topological polar surface area (TPSA) is 72.2 Å². The first-order chi connectivity index (χ1) is 13.1. The number of carbonyl (C=O) groups excluding carboxylic acids is 1. The molecule has 0 aliphatic heterocycles. The minimum absolute atomic E-state index is 0.191. The molecule has 4 rings (SSSR count). The highest BCUT2D eigenvalue weighted by molar-refractivity contribution is 6.36. The van der Waals surface area contributed by atoms with Crippen LogP contribution in [0.5, 0.6) is 0 Å². The summed E-state index contributed by atoms with van der Waals surface area (Å²) in [5.41, 5.74) is 2.26. The lowest BCUT2D eigenvalue weighted by molar-refractivity contribution is 0.0927. The molecule has 1 aliphatic rings. The molecule has 0 spiro atoms. The van der Waals surface area contributed by atoms with Crippen LogP contribution in [0.2, 0.25) is 10.0 Å². The highest BCUT2D eigenvalue weighted by Gasteiger charge is 2.20. The van der Waals surface area contributed by atoms with Crippen molar-refractivity contribution in [1.29, 1.82) is 0 Å². The summed E-state index contributed by atoms with van der Waals surface area (Å²) in [6.07, 6.45) is 8.26. The molecule has 0 atom stereocenters. The van der Waals surface area contributed by atoms with Crippen LogP contribution in [0.1, 0.15) is 49.0 Å². The van der Waals surface area contributed by atoms with Crippen molar-refractivity contribution in [2.24, 2.45) is 0 Å². The average Bonchev–Trinajstić information content (AvgIpc) is 2.98. The van der Waals surface area contributed by atoms with E-state index >= 15 is 0 Å². The third-order valence-electron chi connectivity index (χ3n) is 4.91. The zero-order valence-corrected chi connectivity index (χ0v) is 16.2. The summed E-state index contributed by atoms with van der Waals surface area (Å²) in [7, 11) is 0. The molecule has 0 unspecified atom stereocenters. The van der Waals surface area contributed by atoms with Gasteiger partial charge in [-0.15, -0.1) is 10.2 Å². The van der Waals surface area contributed by atoms with Gasteiger partial charge in [0.15, 0.2) is 5.65 Å². The van der Waals surface area contributed by atoms with E-state index in [4.69, 9.17) is 23.2 Å². The number of hydrogen-bond donors (Lipinski definition) is 1. The summed E-state index contributed by atoms with van der Waals surface area (Å²) in [6, 6.07) is 7.13. The van der Waals surface area contributed by atoms with Crippen LogP contribution in [-0.4, -0.2) is 31.8 Å². The lowest BCUT2D eigenvalue weighted by Crippen LogP contribution is -2.35. The fourth-order valence-electron chi connectivity index (χ4n) is 3.53. The van der Waals surface area contributed by atoms with Gasteiger partial charge in [0.05, 0.1) is 5.02 Å². The van der Waals surface area contributed by atoms with E-state index in [2.05, 4.69) is 20.6 Å². The summed E-state index contributed by atoms with van der Waals surface area (Å²) in [4.78, 5) is 12.8. The molecule has 1 N–H and O–H groups in total. The molecule has 140 valence electrons. The lowest BCUT2D eigenvalue weighted by Gasteiger charge is -2.16. The molecule has 2 heterocycles. The second kappa shape index (κ2) is 7.82. The predicted octanol–water partition coefficient (Wildman–Crippen LogP) is 4.55. The molecule has 8 heteroatoms. The van der Waals surface area contributed by atoms with Gasteiger partial charge in [-0.3, -0.25) is 4.79 Å². The molecule has 6 nitrogen and oxygen atoms in total. The summed E-state index contributed by atoms with van der Waals surface area (Å²) in [5.74, 6) is -0.191. The first-order valence-electron chi connectivity index (χ1n) is 9.09. The van der Waals surface area contributed by atoms with E-state index in [9.17, 15) is 4.79 Å². The maximum absolute atomic E-state index is 12.8. The van der Waals surface area contributed by atoms with Crippen LogP contribution in [0.4, 0.5) is 0 Å². The molecule has 3 aromatic rings. The van der Waals surface area contributed by atoms with Gasteiger partial charge in [-0.25, -0.2) is 0 Å². The fraction of sp³-hybridized carbons (Fsp3) is 0.368. The van der Waals surface area contributed by atoms with E-state index in [1.165, 1.54) is 23.7 Å². The maximum Gasteiger partial charge on any atom is 0.271 e. The Morgan fingerprint density at radius 2 is 1.85 bits per heavy atom. The van der Waals surface area contributed by atoms with Crippen molar-refractivity contribution in [3.8, 4) is 11.1 Å². The van der Waals surface area contributed by atoms with Crippen molar-refractivity contribution in [1.82, 2.24) is 25.1 Å². The van der Waals surface area contributed by atoms with Gasteiger partial charge >= 0.3 is 0 Å². The van der Waals surface area contributed by atoms with E-state index in [1.807, 2.05) is 6.07 Å². The number of rotatable bonds is 3. The molecule has 2 aromatic heterocycles. The average molecular weight is 404 g/mol. The van der Waals surface area contributed by atoms with E-state index in [-0.39, 0.29) is 11.9 Å². The van der Waals surface area contributed by atoms with Crippen LogP contribution < -0.4 is 5.32 Å². The lowest BCUT2D eigenvalue weighted by atomic mass is 10.1. The Morgan fingerprint density at radius 3 is 2.59 bits per heavy atom. The predicted molar refractivity (Wildman–Crippen MR) is 105 cm³/mol. The number of amides is 1. The first-order valence-corrected chi connectivity index (χ1v) is 9.85. The smallest absolute Gasteiger partial charge is 0.271 e. The largest absolute Gasteiger partial charge is 0.348 e. The standard InChI is InChI=1S/C19H19Cl2N5O/c20-12-7-8-14(16(21)9-12)15-10-17(25-26-11-22-24-18(15)26)19(27)23-13-5-3-1-2-4-6-13/h7-11,13H,1-6H2,(H,23,27). The van der Waals surface area contributed by atoms with Crippen molar-refractivity contribution in [2.45, 2.75) is 44.6 Å².